The zero-order chi connectivity index (χ0) is 16.4. The van der Waals surface area contributed by atoms with Gasteiger partial charge in [-0.05, 0) is 36.4 Å². The molecule has 1 aliphatic carbocycles. The summed E-state index contributed by atoms with van der Waals surface area (Å²) in [6, 6.07) is 14.3. The van der Waals surface area contributed by atoms with Crippen LogP contribution in [0.2, 0.25) is 0 Å². The number of nitrogens with zero attached hydrogens (tertiary/aromatic N) is 3. The minimum Gasteiger partial charge on any atom is -0.298 e. The molecule has 6 heteroatoms. The summed E-state index contributed by atoms with van der Waals surface area (Å²) in [7, 11) is 0. The average molecular weight is 355 g/mol. The number of aromatic nitrogens is 3. The van der Waals surface area contributed by atoms with E-state index in [0.29, 0.717) is 12.2 Å². The highest BCUT2D eigenvalue weighted by molar-refractivity contribution is 8.00. The Balaban J connectivity index is 1.70. The van der Waals surface area contributed by atoms with E-state index in [0.717, 1.165) is 35.9 Å². The Bertz CT molecular complexity index is 827. The fourth-order valence-corrected chi connectivity index (χ4v) is 4.83. The van der Waals surface area contributed by atoms with E-state index in [9.17, 15) is 4.79 Å². The number of ketones is 1. The van der Waals surface area contributed by atoms with Gasteiger partial charge in [0.1, 0.15) is 11.6 Å². The van der Waals surface area contributed by atoms with Gasteiger partial charge < -0.3 is 0 Å². The first-order valence-corrected chi connectivity index (χ1v) is 9.78. The molecule has 1 saturated carbocycles. The van der Waals surface area contributed by atoms with E-state index in [1.165, 1.54) is 4.88 Å². The van der Waals surface area contributed by atoms with E-state index in [1.54, 1.807) is 23.1 Å². The van der Waals surface area contributed by atoms with E-state index < -0.39 is 0 Å². The van der Waals surface area contributed by atoms with Gasteiger partial charge in [0.25, 0.3) is 0 Å². The van der Waals surface area contributed by atoms with Crippen LogP contribution < -0.4 is 0 Å². The molecule has 0 saturated heterocycles. The van der Waals surface area contributed by atoms with E-state index >= 15 is 0 Å². The molecule has 4 rings (SSSR count). The number of para-hydroxylation sites is 1. The summed E-state index contributed by atoms with van der Waals surface area (Å²) in [4.78, 5) is 13.3. The average Bonchev–Trinajstić information content (AvgIpc) is 3.33. The summed E-state index contributed by atoms with van der Waals surface area (Å²) in [5.41, 5.74) is 1.04. The fraction of sp³-hybridized carbons (Fsp3) is 0.278. The summed E-state index contributed by atoms with van der Waals surface area (Å²) in [6.07, 6.45) is 3.36. The number of benzene rings is 1. The van der Waals surface area contributed by atoms with Gasteiger partial charge in [-0.15, -0.1) is 21.5 Å². The highest BCUT2D eigenvalue weighted by atomic mass is 32.2. The molecule has 0 spiro atoms. The molecule has 3 aromatic rings. The molecule has 1 fully saturated rings. The van der Waals surface area contributed by atoms with Crippen LogP contribution in [0.15, 0.2) is 53.0 Å². The second-order valence-electron chi connectivity index (χ2n) is 5.79. The van der Waals surface area contributed by atoms with E-state index in [4.69, 9.17) is 0 Å². The van der Waals surface area contributed by atoms with Crippen LogP contribution in [0.1, 0.15) is 30.0 Å². The summed E-state index contributed by atoms with van der Waals surface area (Å²) in [6.45, 7) is 0. The lowest BCUT2D eigenvalue weighted by Crippen LogP contribution is -2.10. The fourth-order valence-electron chi connectivity index (χ4n) is 2.93. The summed E-state index contributed by atoms with van der Waals surface area (Å²) < 4.78 is 2.09. The number of rotatable bonds is 5. The maximum absolute atomic E-state index is 12.0. The largest absolute Gasteiger partial charge is 0.298 e. The number of carbonyl (C=O) groups is 1. The lowest BCUT2D eigenvalue weighted by atomic mass is 10.3. The van der Waals surface area contributed by atoms with Gasteiger partial charge in [-0.3, -0.25) is 9.36 Å². The van der Waals surface area contributed by atoms with Crippen molar-refractivity contribution >= 4 is 28.9 Å². The number of carbonyl (C=O) groups excluding carboxylic acids is 1. The first-order chi connectivity index (χ1) is 11.8. The van der Waals surface area contributed by atoms with Crippen molar-refractivity contribution in [2.75, 3.05) is 0 Å². The molecular formula is C18H17N3OS2. The molecule has 1 aliphatic rings. The monoisotopic (exact) mass is 355 g/mol. The molecule has 0 aliphatic heterocycles. The van der Waals surface area contributed by atoms with E-state index in [2.05, 4.69) is 44.4 Å². The highest BCUT2D eigenvalue weighted by Gasteiger charge is 2.28. The predicted molar refractivity (Wildman–Crippen MR) is 97.0 cm³/mol. The lowest BCUT2D eigenvalue weighted by Gasteiger charge is -2.12. The third-order valence-electron chi connectivity index (χ3n) is 4.12. The van der Waals surface area contributed by atoms with Gasteiger partial charge in [-0.1, -0.05) is 36.0 Å². The third-order valence-corrected chi connectivity index (χ3v) is 6.26. The number of hydrogen-bond acceptors (Lipinski definition) is 5. The maximum atomic E-state index is 12.0. The number of thiophene rings is 1. The van der Waals surface area contributed by atoms with Gasteiger partial charge in [0, 0.05) is 23.4 Å². The molecule has 0 amide bonds. The zero-order valence-corrected chi connectivity index (χ0v) is 14.7. The summed E-state index contributed by atoms with van der Waals surface area (Å²) >= 11 is 3.28. The minimum absolute atomic E-state index is 0.0197. The standard InChI is InChI=1S/C18H17N3OS2/c22-15-9-4-10-16(15)24-18-20-19-17(12-14-8-5-11-23-14)21(18)13-6-2-1-3-7-13/h1-3,5-8,11,16H,4,9-10,12H2. The topological polar surface area (TPSA) is 47.8 Å². The first kappa shape index (κ1) is 15.6. The van der Waals surface area contributed by atoms with Crippen molar-refractivity contribution in [3.05, 3.63) is 58.5 Å². The quantitative estimate of drug-likeness (QED) is 0.690. The number of thioether (sulfide) groups is 1. The molecule has 24 heavy (non-hydrogen) atoms. The number of Topliss-reactive ketones (excluding diaryl/α,β-unsaturated/α-hetero) is 1. The smallest absolute Gasteiger partial charge is 0.196 e. The minimum atomic E-state index is 0.0197. The number of hydrogen-bond donors (Lipinski definition) is 0. The highest BCUT2D eigenvalue weighted by Crippen LogP contribution is 2.33. The van der Waals surface area contributed by atoms with E-state index in [-0.39, 0.29) is 5.25 Å². The predicted octanol–water partition coefficient (Wildman–Crippen LogP) is 4.13. The molecule has 1 atom stereocenters. The molecule has 1 aromatic carbocycles. The summed E-state index contributed by atoms with van der Waals surface area (Å²) in [5.74, 6) is 1.25. The van der Waals surface area contributed by atoms with Gasteiger partial charge in [0.05, 0.1) is 5.25 Å². The molecule has 0 bridgehead atoms. The van der Waals surface area contributed by atoms with Gasteiger partial charge in [-0.2, -0.15) is 0 Å². The summed E-state index contributed by atoms with van der Waals surface area (Å²) in [5, 5.41) is 11.7. The Morgan fingerprint density at radius 3 is 2.75 bits per heavy atom. The molecule has 0 radical (unpaired) electrons. The van der Waals surface area contributed by atoms with Crippen LogP contribution in [0.4, 0.5) is 0 Å². The normalized spacial score (nSPS) is 17.5. The Morgan fingerprint density at radius 2 is 2.04 bits per heavy atom. The van der Waals surface area contributed by atoms with Crippen LogP contribution in [-0.4, -0.2) is 25.8 Å². The Kier molecular flexibility index (Phi) is 4.49. The molecule has 2 aromatic heterocycles. The van der Waals surface area contributed by atoms with Crippen LogP contribution in [0, 0.1) is 0 Å². The molecule has 2 heterocycles. The second kappa shape index (κ2) is 6.91. The maximum Gasteiger partial charge on any atom is 0.196 e. The SMILES string of the molecule is O=C1CCCC1Sc1nnc(Cc2cccs2)n1-c1ccccc1. The Morgan fingerprint density at radius 1 is 1.17 bits per heavy atom. The van der Waals surface area contributed by atoms with Crippen LogP contribution in [0.5, 0.6) is 0 Å². The van der Waals surface area contributed by atoms with Crippen molar-refractivity contribution in [1.82, 2.24) is 14.8 Å². The van der Waals surface area contributed by atoms with Crippen LogP contribution in [-0.2, 0) is 11.2 Å². The van der Waals surface area contributed by atoms with Crippen molar-refractivity contribution in [3.63, 3.8) is 0 Å². The third kappa shape index (κ3) is 3.16. The van der Waals surface area contributed by atoms with Crippen molar-refractivity contribution in [2.24, 2.45) is 0 Å². The van der Waals surface area contributed by atoms with E-state index in [1.807, 2.05) is 18.2 Å². The molecule has 4 nitrogen and oxygen atoms in total. The molecule has 0 N–H and O–H groups in total. The van der Waals surface area contributed by atoms with Crippen LogP contribution >= 0.6 is 23.1 Å². The van der Waals surface area contributed by atoms with Crippen molar-refractivity contribution < 1.29 is 4.79 Å². The van der Waals surface area contributed by atoms with Crippen molar-refractivity contribution in [3.8, 4) is 5.69 Å². The van der Waals surface area contributed by atoms with Crippen molar-refractivity contribution in [2.45, 2.75) is 36.1 Å². The molecule has 122 valence electrons. The van der Waals surface area contributed by atoms with Gasteiger partial charge in [-0.25, -0.2) is 0 Å². The van der Waals surface area contributed by atoms with Crippen molar-refractivity contribution in [1.29, 1.82) is 0 Å². The first-order valence-electron chi connectivity index (χ1n) is 8.03. The Labute approximate surface area is 148 Å². The van der Waals surface area contributed by atoms with Gasteiger partial charge in [0.15, 0.2) is 5.16 Å². The van der Waals surface area contributed by atoms with Crippen LogP contribution in [0.25, 0.3) is 5.69 Å². The molecule has 1 unspecified atom stereocenters. The van der Waals surface area contributed by atoms with Gasteiger partial charge >= 0.3 is 0 Å². The Hall–Kier alpha value is -1.92. The lowest BCUT2D eigenvalue weighted by molar-refractivity contribution is -0.116. The zero-order valence-electron chi connectivity index (χ0n) is 13.1. The van der Waals surface area contributed by atoms with Crippen LogP contribution in [0.3, 0.4) is 0 Å². The van der Waals surface area contributed by atoms with Gasteiger partial charge in [0.2, 0.25) is 0 Å². The second-order valence-corrected chi connectivity index (χ2v) is 7.99. The molecular weight excluding hydrogens is 338 g/mol.